The molecule has 0 aliphatic heterocycles. The van der Waals surface area contributed by atoms with Crippen LogP contribution in [0.15, 0.2) is 134 Å². The molecule has 51 heavy (non-hydrogen) atoms. The average Bonchev–Trinajstić information content (AvgIpc) is 3.11. The summed E-state index contributed by atoms with van der Waals surface area (Å²) in [5.74, 6) is -1.33. The van der Waals surface area contributed by atoms with E-state index in [-0.39, 0.29) is 43.2 Å². The molecule has 0 N–H and O–H groups in total. The smallest absolute Gasteiger partial charge is 0.500 e. The molecule has 5 aromatic carbocycles. The van der Waals surface area contributed by atoms with Crippen LogP contribution in [0.2, 0.25) is 0 Å². The van der Waals surface area contributed by atoms with Crippen LogP contribution in [0.1, 0.15) is 16.7 Å². The summed E-state index contributed by atoms with van der Waals surface area (Å²) in [5, 5.41) is 0. The quantitative estimate of drug-likeness (QED) is 0.108. The fraction of sp³-hybridized carbons (Fsp3) is 0.0698. The second-order valence-corrected chi connectivity index (χ2v) is 11.8. The number of hydrogen-bond donors (Lipinski definition) is 0. The molecule has 0 fully saturated rings. The van der Waals surface area contributed by atoms with E-state index in [0.717, 1.165) is 45.3 Å². The SMILES string of the molecule is Cc1cc(C)c(-c2ccnc(-c3[c-]c(Oc4[c-]c(Oc5ccccn5)cc(N(c5ccccc5)c5ccccc5)c4)c(F)cc3F)c2)c(C)c1.[Pd+2]. The van der Waals surface area contributed by atoms with Gasteiger partial charge in [-0.1, -0.05) is 95.7 Å². The van der Waals surface area contributed by atoms with E-state index in [1.54, 1.807) is 48.8 Å². The van der Waals surface area contributed by atoms with Crippen LogP contribution >= 0.6 is 0 Å². The second kappa shape index (κ2) is 15.5. The summed E-state index contributed by atoms with van der Waals surface area (Å²) in [6.07, 6.45) is 3.23. The molecule has 0 aliphatic rings. The maximum atomic E-state index is 15.5. The zero-order valence-corrected chi connectivity index (χ0v) is 29.5. The number of benzene rings is 5. The number of aromatic nitrogens is 2. The van der Waals surface area contributed by atoms with Crippen LogP contribution in [0, 0.1) is 44.5 Å². The average molecular weight is 766 g/mol. The minimum atomic E-state index is -0.929. The summed E-state index contributed by atoms with van der Waals surface area (Å²) >= 11 is 0. The number of anilines is 3. The summed E-state index contributed by atoms with van der Waals surface area (Å²) < 4.78 is 43.1. The number of hydrogen-bond acceptors (Lipinski definition) is 5. The maximum absolute atomic E-state index is 15.5. The molecule has 7 aromatic rings. The molecule has 0 atom stereocenters. The van der Waals surface area contributed by atoms with Crippen molar-refractivity contribution < 1.29 is 38.7 Å². The summed E-state index contributed by atoms with van der Waals surface area (Å²) in [6.45, 7) is 6.13. The molecule has 0 aliphatic carbocycles. The molecule has 0 unspecified atom stereocenters. The second-order valence-electron chi connectivity index (χ2n) is 11.8. The molecule has 0 bridgehead atoms. The van der Waals surface area contributed by atoms with Gasteiger partial charge in [0, 0.05) is 47.2 Å². The molecule has 8 heteroatoms. The van der Waals surface area contributed by atoms with Crippen molar-refractivity contribution in [3.63, 3.8) is 0 Å². The first-order valence-electron chi connectivity index (χ1n) is 16.0. The summed E-state index contributed by atoms with van der Waals surface area (Å²) in [6, 6.07) is 42.9. The van der Waals surface area contributed by atoms with E-state index in [0.29, 0.717) is 17.3 Å². The first kappa shape index (κ1) is 35.2. The molecular weight excluding hydrogens is 735 g/mol. The molecular formula is C43H31F2N3O2Pd. The number of aryl methyl sites for hydroxylation is 3. The molecule has 254 valence electrons. The Morgan fingerprint density at radius 3 is 1.84 bits per heavy atom. The Morgan fingerprint density at radius 2 is 1.22 bits per heavy atom. The Kier molecular flexibility index (Phi) is 10.7. The number of ether oxygens (including phenoxy) is 2. The zero-order chi connectivity index (χ0) is 34.6. The van der Waals surface area contributed by atoms with Crippen molar-refractivity contribution in [2.75, 3.05) is 4.90 Å². The first-order chi connectivity index (χ1) is 24.3. The van der Waals surface area contributed by atoms with Crippen LogP contribution in [0.4, 0.5) is 25.8 Å². The van der Waals surface area contributed by atoms with Crippen LogP contribution in [-0.4, -0.2) is 9.97 Å². The third kappa shape index (κ3) is 7.89. The van der Waals surface area contributed by atoms with Crippen LogP contribution in [0.3, 0.4) is 0 Å². The van der Waals surface area contributed by atoms with E-state index in [4.69, 9.17) is 9.47 Å². The zero-order valence-electron chi connectivity index (χ0n) is 27.9. The molecule has 2 aromatic heterocycles. The van der Waals surface area contributed by atoms with Gasteiger partial charge in [0.25, 0.3) is 0 Å². The molecule has 5 nitrogen and oxygen atoms in total. The predicted octanol–water partition coefficient (Wildman–Crippen LogP) is 11.7. The van der Waals surface area contributed by atoms with Gasteiger partial charge >= 0.3 is 20.4 Å². The summed E-state index contributed by atoms with van der Waals surface area (Å²) in [4.78, 5) is 10.7. The number of rotatable bonds is 9. The van der Waals surface area contributed by atoms with Crippen LogP contribution in [0.5, 0.6) is 23.1 Å². The Bertz CT molecular complexity index is 2230. The van der Waals surface area contributed by atoms with Gasteiger partial charge in [0.1, 0.15) is 0 Å². The van der Waals surface area contributed by atoms with Crippen molar-refractivity contribution in [3.8, 4) is 45.5 Å². The molecule has 0 amide bonds. The van der Waals surface area contributed by atoms with Crippen molar-refractivity contribution in [1.82, 2.24) is 9.97 Å². The van der Waals surface area contributed by atoms with Crippen LogP contribution in [-0.2, 0) is 20.4 Å². The topological polar surface area (TPSA) is 47.5 Å². The Morgan fingerprint density at radius 1 is 0.588 bits per heavy atom. The number of halogens is 2. The molecule has 0 saturated heterocycles. The van der Waals surface area contributed by atoms with Gasteiger partial charge in [-0.25, -0.2) is 4.98 Å². The van der Waals surface area contributed by atoms with E-state index in [1.165, 1.54) is 0 Å². The Balaban J connectivity index is 0.00000448. The largest absolute Gasteiger partial charge is 2.00 e. The fourth-order valence-electron chi connectivity index (χ4n) is 6.08. The third-order valence-electron chi connectivity index (χ3n) is 8.09. The minimum absolute atomic E-state index is 0. The van der Waals surface area contributed by atoms with Crippen molar-refractivity contribution in [3.05, 3.63) is 174 Å². The fourth-order valence-corrected chi connectivity index (χ4v) is 6.08. The van der Waals surface area contributed by atoms with E-state index in [1.807, 2.05) is 92.4 Å². The van der Waals surface area contributed by atoms with Gasteiger partial charge in [0.05, 0.1) is 11.6 Å². The van der Waals surface area contributed by atoms with Gasteiger partial charge in [-0.2, -0.15) is 0 Å². The Labute approximate surface area is 309 Å². The third-order valence-corrected chi connectivity index (χ3v) is 8.09. The number of pyridine rings is 2. The van der Waals surface area contributed by atoms with E-state index in [9.17, 15) is 0 Å². The standard InChI is InChI=1S/C43H31F2N3O2.Pd/c1-28-20-29(2)43(30(3)21-28)31-17-19-46-40(22-31)37-26-41(39(45)27-38(37)44)49-35-23-34(24-36(25-35)50-42-16-10-11-18-47-42)48(32-12-6-4-7-13-32)33-14-8-5-9-15-33;/h4-24,27H,1-3H3;/q-2;+2. The van der Waals surface area contributed by atoms with Crippen molar-refractivity contribution in [1.29, 1.82) is 0 Å². The van der Waals surface area contributed by atoms with E-state index >= 15 is 8.78 Å². The molecule has 2 heterocycles. The van der Waals surface area contributed by atoms with Crippen molar-refractivity contribution >= 4 is 17.1 Å². The van der Waals surface area contributed by atoms with Gasteiger partial charge in [0.2, 0.25) is 5.88 Å². The monoisotopic (exact) mass is 765 g/mol. The maximum Gasteiger partial charge on any atom is 2.00 e. The van der Waals surface area contributed by atoms with E-state index < -0.39 is 11.6 Å². The normalized spacial score (nSPS) is 10.7. The van der Waals surface area contributed by atoms with Crippen LogP contribution in [0.25, 0.3) is 22.4 Å². The van der Waals surface area contributed by atoms with Gasteiger partial charge in [-0.15, -0.1) is 12.1 Å². The predicted molar refractivity (Wildman–Crippen MR) is 192 cm³/mol. The van der Waals surface area contributed by atoms with E-state index in [2.05, 4.69) is 34.2 Å². The molecule has 7 rings (SSSR count). The van der Waals surface area contributed by atoms with Gasteiger partial charge < -0.3 is 19.4 Å². The Hall–Kier alpha value is -5.68. The molecule has 0 spiro atoms. The van der Waals surface area contributed by atoms with Crippen molar-refractivity contribution in [2.24, 2.45) is 0 Å². The molecule has 0 saturated carbocycles. The summed E-state index contributed by atoms with van der Waals surface area (Å²) in [7, 11) is 0. The van der Waals surface area contributed by atoms with Crippen LogP contribution < -0.4 is 14.4 Å². The van der Waals surface area contributed by atoms with Gasteiger partial charge in [-0.3, -0.25) is 8.78 Å². The van der Waals surface area contributed by atoms with Gasteiger partial charge in [-0.05, 0) is 85.1 Å². The minimum Gasteiger partial charge on any atom is -0.500 e. The molecule has 0 radical (unpaired) electrons. The summed E-state index contributed by atoms with van der Waals surface area (Å²) in [5.41, 5.74) is 7.87. The van der Waals surface area contributed by atoms with Crippen molar-refractivity contribution in [2.45, 2.75) is 20.8 Å². The number of para-hydroxylation sites is 2. The van der Waals surface area contributed by atoms with Gasteiger partial charge in [0.15, 0.2) is 0 Å². The first-order valence-corrected chi connectivity index (χ1v) is 16.0. The number of nitrogens with zero attached hydrogens (tertiary/aromatic N) is 3.